The van der Waals surface area contributed by atoms with Crippen LogP contribution in [0.3, 0.4) is 0 Å². The highest BCUT2D eigenvalue weighted by molar-refractivity contribution is 7.98. The average molecular weight is 255 g/mol. The number of nitriles is 1. The molecule has 1 saturated carbocycles. The van der Waals surface area contributed by atoms with Crippen molar-refractivity contribution in [1.29, 1.82) is 5.26 Å². The van der Waals surface area contributed by atoms with Crippen LogP contribution < -0.4 is 5.32 Å². The molecule has 0 atom stereocenters. The van der Waals surface area contributed by atoms with Gasteiger partial charge in [-0.3, -0.25) is 0 Å². The Hall–Kier alpha value is -1.73. The van der Waals surface area contributed by atoms with E-state index < -0.39 is 0 Å². The monoisotopic (exact) mass is 255 g/mol. The van der Waals surface area contributed by atoms with Gasteiger partial charge in [0, 0.05) is 11.4 Å². The van der Waals surface area contributed by atoms with Gasteiger partial charge in [-0.25, -0.2) is 4.98 Å². The molecule has 0 saturated heterocycles. The number of para-hydroxylation sites is 1. The van der Waals surface area contributed by atoms with E-state index in [-0.39, 0.29) is 0 Å². The number of hydrogen-bond donors (Lipinski definition) is 1. The van der Waals surface area contributed by atoms with Gasteiger partial charge in [-0.15, -0.1) is 11.8 Å². The molecule has 0 unspecified atom stereocenters. The summed E-state index contributed by atoms with van der Waals surface area (Å²) < 4.78 is 0. The van der Waals surface area contributed by atoms with Crippen molar-refractivity contribution in [2.24, 2.45) is 0 Å². The smallest absolute Gasteiger partial charge is 0.116 e. The lowest BCUT2D eigenvalue weighted by molar-refractivity contribution is 1.11. The van der Waals surface area contributed by atoms with Crippen molar-refractivity contribution in [3.63, 3.8) is 0 Å². The van der Waals surface area contributed by atoms with Gasteiger partial charge in [0.1, 0.15) is 16.7 Å². The molecule has 1 aliphatic rings. The van der Waals surface area contributed by atoms with E-state index in [9.17, 15) is 5.26 Å². The number of anilines is 1. The van der Waals surface area contributed by atoms with Gasteiger partial charge >= 0.3 is 0 Å². The molecule has 90 valence electrons. The number of aromatic nitrogens is 1. The predicted molar refractivity (Wildman–Crippen MR) is 74.9 cm³/mol. The molecule has 1 aromatic heterocycles. The van der Waals surface area contributed by atoms with Crippen molar-refractivity contribution in [3.05, 3.63) is 29.8 Å². The van der Waals surface area contributed by atoms with Crippen LogP contribution in [-0.4, -0.2) is 17.3 Å². The first-order valence-electron chi connectivity index (χ1n) is 5.97. The number of hydrogen-bond acceptors (Lipinski definition) is 4. The molecule has 3 nitrogen and oxygen atoms in total. The van der Waals surface area contributed by atoms with Gasteiger partial charge in [-0.2, -0.15) is 5.26 Å². The number of pyridine rings is 1. The van der Waals surface area contributed by atoms with Crippen LogP contribution in [0, 0.1) is 11.3 Å². The fourth-order valence-corrected chi connectivity index (χ4v) is 2.56. The summed E-state index contributed by atoms with van der Waals surface area (Å²) >= 11 is 1.52. The van der Waals surface area contributed by atoms with E-state index >= 15 is 0 Å². The van der Waals surface area contributed by atoms with Crippen LogP contribution >= 0.6 is 11.8 Å². The van der Waals surface area contributed by atoms with E-state index in [2.05, 4.69) is 16.4 Å². The summed E-state index contributed by atoms with van der Waals surface area (Å²) in [5.74, 6) is 0. The Morgan fingerprint density at radius 2 is 2.17 bits per heavy atom. The average Bonchev–Trinajstić information content (AvgIpc) is 3.22. The van der Waals surface area contributed by atoms with Gasteiger partial charge in [0.2, 0.25) is 0 Å². The van der Waals surface area contributed by atoms with Crippen LogP contribution in [0.1, 0.15) is 18.4 Å². The van der Waals surface area contributed by atoms with Crippen molar-refractivity contribution in [2.45, 2.75) is 23.9 Å². The molecule has 0 aliphatic heterocycles. The predicted octanol–water partition coefficient (Wildman–Crippen LogP) is 3.40. The van der Waals surface area contributed by atoms with Gasteiger partial charge in [-0.1, -0.05) is 18.2 Å². The van der Waals surface area contributed by atoms with E-state index in [0.29, 0.717) is 11.6 Å². The quantitative estimate of drug-likeness (QED) is 0.854. The summed E-state index contributed by atoms with van der Waals surface area (Å²) in [5.41, 5.74) is 2.58. The van der Waals surface area contributed by atoms with Crippen LogP contribution in [0.2, 0.25) is 0 Å². The molecule has 1 fully saturated rings. The molecule has 1 aliphatic carbocycles. The molecule has 0 radical (unpaired) electrons. The van der Waals surface area contributed by atoms with Crippen LogP contribution in [0.15, 0.2) is 29.3 Å². The van der Waals surface area contributed by atoms with Crippen molar-refractivity contribution < 1.29 is 0 Å². The third-order valence-corrected chi connectivity index (χ3v) is 3.77. The summed E-state index contributed by atoms with van der Waals surface area (Å²) in [5, 5.41) is 14.7. The first kappa shape index (κ1) is 11.4. The highest BCUT2D eigenvalue weighted by atomic mass is 32.2. The second-order valence-electron chi connectivity index (χ2n) is 4.42. The molecule has 0 amide bonds. The van der Waals surface area contributed by atoms with Crippen molar-refractivity contribution in [2.75, 3.05) is 11.6 Å². The van der Waals surface area contributed by atoms with Crippen molar-refractivity contribution in [3.8, 4) is 6.07 Å². The number of nitrogens with one attached hydrogen (secondary N) is 1. The third-order valence-electron chi connectivity index (χ3n) is 3.09. The van der Waals surface area contributed by atoms with E-state index in [1.807, 2.05) is 30.5 Å². The summed E-state index contributed by atoms with van der Waals surface area (Å²) in [6.45, 7) is 0. The minimum Gasteiger partial charge on any atom is -0.381 e. The normalized spacial score (nSPS) is 14.4. The Bertz CT molecular complexity index is 641. The van der Waals surface area contributed by atoms with E-state index in [0.717, 1.165) is 21.6 Å². The fourth-order valence-electron chi connectivity index (χ4n) is 2.02. The van der Waals surface area contributed by atoms with Crippen molar-refractivity contribution in [1.82, 2.24) is 4.98 Å². The molecule has 1 heterocycles. The molecule has 2 aromatic rings. The lowest BCUT2D eigenvalue weighted by Gasteiger charge is -2.13. The van der Waals surface area contributed by atoms with Gasteiger partial charge in [-0.05, 0) is 25.2 Å². The fraction of sp³-hybridized carbons (Fsp3) is 0.286. The zero-order valence-corrected chi connectivity index (χ0v) is 10.9. The maximum absolute atomic E-state index is 9.38. The molecule has 4 heteroatoms. The maximum atomic E-state index is 9.38. The topological polar surface area (TPSA) is 48.7 Å². The minimum atomic E-state index is 0.526. The van der Waals surface area contributed by atoms with Gasteiger partial charge in [0.05, 0.1) is 11.2 Å². The molecule has 1 aromatic carbocycles. The Kier molecular flexibility index (Phi) is 2.85. The summed E-state index contributed by atoms with van der Waals surface area (Å²) in [4.78, 5) is 4.55. The molecule has 0 spiro atoms. The van der Waals surface area contributed by atoms with E-state index in [4.69, 9.17) is 0 Å². The molecular formula is C14H13N3S. The van der Waals surface area contributed by atoms with E-state index in [1.54, 1.807) is 0 Å². The highest BCUT2D eigenvalue weighted by Gasteiger charge is 2.24. The molecule has 3 rings (SSSR count). The minimum absolute atomic E-state index is 0.526. The van der Waals surface area contributed by atoms with Crippen LogP contribution in [0.5, 0.6) is 0 Å². The number of fused-ring (bicyclic) bond motifs is 1. The number of nitrogens with zero attached hydrogens (tertiary/aromatic N) is 2. The Balaban J connectivity index is 2.27. The lowest BCUT2D eigenvalue weighted by atomic mass is 10.1. The third kappa shape index (κ3) is 1.91. The molecular weight excluding hydrogens is 242 g/mol. The first-order valence-corrected chi connectivity index (χ1v) is 7.19. The lowest BCUT2D eigenvalue weighted by Crippen LogP contribution is -2.05. The molecule has 18 heavy (non-hydrogen) atoms. The van der Waals surface area contributed by atoms with Crippen LogP contribution in [0.25, 0.3) is 10.9 Å². The van der Waals surface area contributed by atoms with Crippen LogP contribution in [0.4, 0.5) is 5.69 Å². The summed E-state index contributed by atoms with van der Waals surface area (Å²) in [6.07, 6.45) is 4.34. The van der Waals surface area contributed by atoms with Crippen LogP contribution in [-0.2, 0) is 0 Å². The van der Waals surface area contributed by atoms with Gasteiger partial charge < -0.3 is 5.32 Å². The Morgan fingerprint density at radius 3 is 2.83 bits per heavy atom. The summed E-state index contributed by atoms with van der Waals surface area (Å²) in [7, 11) is 0. The maximum Gasteiger partial charge on any atom is 0.116 e. The standard InChI is InChI=1S/C14H13N3S/c1-18-14-11(8-15)13(16-9-6-7-9)10-4-2-3-5-12(10)17-14/h2-5,9H,6-7H2,1H3,(H,16,17). The largest absolute Gasteiger partial charge is 0.381 e. The zero-order chi connectivity index (χ0) is 12.5. The molecule has 1 N–H and O–H groups in total. The second kappa shape index (κ2) is 4.51. The SMILES string of the molecule is CSc1nc2ccccc2c(NC2CC2)c1C#N. The second-order valence-corrected chi connectivity index (χ2v) is 5.21. The van der Waals surface area contributed by atoms with Gasteiger partial charge in [0.15, 0.2) is 0 Å². The first-order chi connectivity index (χ1) is 8.83. The van der Waals surface area contributed by atoms with Crippen molar-refractivity contribution >= 4 is 28.4 Å². The Labute approximate surface area is 110 Å². The molecule has 0 bridgehead atoms. The number of benzene rings is 1. The number of rotatable bonds is 3. The van der Waals surface area contributed by atoms with Gasteiger partial charge in [0.25, 0.3) is 0 Å². The zero-order valence-electron chi connectivity index (χ0n) is 10.1. The van der Waals surface area contributed by atoms with E-state index in [1.165, 1.54) is 24.6 Å². The highest BCUT2D eigenvalue weighted by Crippen LogP contribution is 2.35. The summed E-state index contributed by atoms with van der Waals surface area (Å²) in [6, 6.07) is 10.8. The number of thioether (sulfide) groups is 1. The Morgan fingerprint density at radius 1 is 1.39 bits per heavy atom.